The molecule has 1 fully saturated rings. The molecular formula is C30H23N7O3S. The molecule has 4 aromatic heterocycles. The Labute approximate surface area is 239 Å². The SMILES string of the molecule is COc1ccc(C#N)cc1-c1cc(C)ncc1C(=O)Nc1nc2ccc(-c3ccc(N4CCCC4=O)nc3)nc2s1. The number of nitrogens with zero attached hydrogens (tertiary/aromatic N) is 6. The summed E-state index contributed by atoms with van der Waals surface area (Å²) in [5.41, 5.74) is 4.86. The molecule has 0 bridgehead atoms. The second-order valence-electron chi connectivity index (χ2n) is 9.45. The molecular weight excluding hydrogens is 538 g/mol. The van der Waals surface area contributed by atoms with Crippen molar-refractivity contribution in [1.29, 1.82) is 5.26 Å². The van der Waals surface area contributed by atoms with Crippen LogP contribution in [-0.2, 0) is 4.79 Å². The van der Waals surface area contributed by atoms with Crippen LogP contribution in [0.1, 0.15) is 34.5 Å². The highest BCUT2D eigenvalue weighted by Gasteiger charge is 2.23. The second-order valence-corrected chi connectivity index (χ2v) is 10.4. The van der Waals surface area contributed by atoms with Crippen molar-refractivity contribution >= 4 is 44.4 Å². The molecule has 202 valence electrons. The molecule has 2 amide bonds. The van der Waals surface area contributed by atoms with Crippen molar-refractivity contribution in [1.82, 2.24) is 19.9 Å². The number of anilines is 2. The fourth-order valence-corrected chi connectivity index (χ4v) is 5.57. The molecule has 11 heteroatoms. The minimum Gasteiger partial charge on any atom is -0.496 e. The normalized spacial score (nSPS) is 12.9. The Morgan fingerprint density at radius 3 is 2.68 bits per heavy atom. The van der Waals surface area contributed by atoms with Gasteiger partial charge >= 0.3 is 0 Å². The van der Waals surface area contributed by atoms with Gasteiger partial charge in [-0.2, -0.15) is 5.26 Å². The minimum atomic E-state index is -0.396. The van der Waals surface area contributed by atoms with Gasteiger partial charge in [0, 0.05) is 47.7 Å². The molecule has 41 heavy (non-hydrogen) atoms. The molecule has 6 rings (SSSR count). The standard InChI is InChI=1S/C30H23N7O3S/c1-17-12-20(21-13-18(14-31)5-9-25(21)40-2)22(16-32-17)28(39)36-30-35-24-8-7-23(34-29(24)41-30)19-6-10-26(33-15-19)37-11-3-4-27(37)38/h5-10,12-13,15-16H,3-4,11H2,1-2H3,(H,35,36,39). The van der Waals surface area contributed by atoms with Crippen molar-refractivity contribution in [2.24, 2.45) is 0 Å². The van der Waals surface area contributed by atoms with Crippen LogP contribution < -0.4 is 15.0 Å². The minimum absolute atomic E-state index is 0.0902. The largest absolute Gasteiger partial charge is 0.496 e. The number of amides is 2. The molecule has 0 atom stereocenters. The number of benzene rings is 1. The first-order chi connectivity index (χ1) is 19.9. The van der Waals surface area contributed by atoms with Crippen LogP contribution in [0.5, 0.6) is 5.75 Å². The number of fused-ring (bicyclic) bond motifs is 1. The third-order valence-electron chi connectivity index (χ3n) is 6.77. The number of aromatic nitrogens is 4. The Morgan fingerprint density at radius 1 is 1.07 bits per heavy atom. The summed E-state index contributed by atoms with van der Waals surface area (Å²) < 4.78 is 5.51. The van der Waals surface area contributed by atoms with Crippen LogP contribution in [0.25, 0.3) is 32.7 Å². The van der Waals surface area contributed by atoms with Gasteiger partial charge in [0.2, 0.25) is 5.91 Å². The van der Waals surface area contributed by atoms with E-state index in [0.29, 0.717) is 73.7 Å². The highest BCUT2D eigenvalue weighted by atomic mass is 32.1. The Kier molecular flexibility index (Phi) is 6.83. The van der Waals surface area contributed by atoms with Gasteiger partial charge in [-0.25, -0.2) is 15.0 Å². The van der Waals surface area contributed by atoms with Crippen molar-refractivity contribution in [2.45, 2.75) is 19.8 Å². The van der Waals surface area contributed by atoms with E-state index in [9.17, 15) is 14.9 Å². The first kappa shape index (κ1) is 26.0. The number of carbonyl (C=O) groups excluding carboxylic acids is 2. The number of aryl methyl sites for hydroxylation is 1. The summed E-state index contributed by atoms with van der Waals surface area (Å²) in [5.74, 6) is 0.872. The van der Waals surface area contributed by atoms with Gasteiger partial charge in [0.1, 0.15) is 21.9 Å². The first-order valence-corrected chi connectivity index (χ1v) is 13.7. The highest BCUT2D eigenvalue weighted by molar-refractivity contribution is 7.22. The second kappa shape index (κ2) is 10.7. The number of pyridine rings is 3. The van der Waals surface area contributed by atoms with Gasteiger partial charge in [0.15, 0.2) is 5.13 Å². The number of ether oxygens (including phenoxy) is 1. The molecule has 10 nitrogen and oxygen atoms in total. The van der Waals surface area contributed by atoms with Gasteiger partial charge in [-0.1, -0.05) is 11.3 Å². The summed E-state index contributed by atoms with van der Waals surface area (Å²) in [6.45, 7) is 2.52. The molecule has 1 N–H and O–H groups in total. The van der Waals surface area contributed by atoms with E-state index in [-0.39, 0.29) is 5.91 Å². The van der Waals surface area contributed by atoms with Crippen LogP contribution in [-0.4, -0.2) is 45.4 Å². The van der Waals surface area contributed by atoms with E-state index < -0.39 is 5.91 Å². The molecule has 0 radical (unpaired) electrons. The number of nitrogens with one attached hydrogen (secondary N) is 1. The summed E-state index contributed by atoms with van der Waals surface area (Å²) in [5, 5.41) is 12.7. The molecule has 1 saturated heterocycles. The van der Waals surface area contributed by atoms with Gasteiger partial charge < -0.3 is 4.74 Å². The lowest BCUT2D eigenvalue weighted by molar-refractivity contribution is -0.117. The van der Waals surface area contributed by atoms with E-state index in [1.165, 1.54) is 17.5 Å². The molecule has 0 saturated carbocycles. The third-order valence-corrected chi connectivity index (χ3v) is 7.65. The summed E-state index contributed by atoms with van der Waals surface area (Å²) in [7, 11) is 1.54. The van der Waals surface area contributed by atoms with Gasteiger partial charge in [-0.05, 0) is 61.9 Å². The maximum atomic E-state index is 13.5. The molecule has 1 aliphatic rings. The number of nitriles is 1. The predicted octanol–water partition coefficient (Wildman–Crippen LogP) is 5.38. The van der Waals surface area contributed by atoms with Crippen molar-refractivity contribution in [3.8, 4) is 34.2 Å². The maximum absolute atomic E-state index is 13.5. The quantitative estimate of drug-likeness (QED) is 0.292. The Morgan fingerprint density at radius 2 is 1.95 bits per heavy atom. The lowest BCUT2D eigenvalue weighted by Gasteiger charge is -2.14. The molecule has 1 aliphatic heterocycles. The number of thiazole rings is 1. The molecule has 0 aliphatic carbocycles. The topological polar surface area (TPSA) is 134 Å². The maximum Gasteiger partial charge on any atom is 0.259 e. The summed E-state index contributed by atoms with van der Waals surface area (Å²) >= 11 is 1.26. The van der Waals surface area contributed by atoms with E-state index in [4.69, 9.17) is 9.72 Å². The average molecular weight is 562 g/mol. The Balaban J connectivity index is 1.27. The van der Waals surface area contributed by atoms with E-state index in [1.54, 1.807) is 42.5 Å². The fraction of sp³-hybridized carbons (Fsp3) is 0.167. The van der Waals surface area contributed by atoms with E-state index in [2.05, 4.69) is 26.3 Å². The van der Waals surface area contributed by atoms with Crippen molar-refractivity contribution < 1.29 is 14.3 Å². The zero-order chi connectivity index (χ0) is 28.5. The van der Waals surface area contributed by atoms with Crippen LogP contribution >= 0.6 is 11.3 Å². The molecule has 5 heterocycles. The Hall–Kier alpha value is -5.21. The number of hydrogen-bond acceptors (Lipinski definition) is 9. The van der Waals surface area contributed by atoms with Gasteiger partial charge in [0.25, 0.3) is 5.91 Å². The van der Waals surface area contributed by atoms with Crippen LogP contribution in [0.3, 0.4) is 0 Å². The average Bonchev–Trinajstić information content (AvgIpc) is 3.61. The van der Waals surface area contributed by atoms with E-state index >= 15 is 0 Å². The van der Waals surface area contributed by atoms with Crippen molar-refractivity contribution in [3.05, 3.63) is 77.7 Å². The van der Waals surface area contributed by atoms with Crippen LogP contribution in [0.4, 0.5) is 10.9 Å². The fourth-order valence-electron chi connectivity index (χ4n) is 4.73. The summed E-state index contributed by atoms with van der Waals surface area (Å²) in [6, 6.07) is 16.4. The third kappa shape index (κ3) is 5.08. The van der Waals surface area contributed by atoms with E-state index in [1.807, 2.05) is 31.2 Å². The monoisotopic (exact) mass is 561 g/mol. The zero-order valence-corrected chi connectivity index (χ0v) is 23.0. The zero-order valence-electron chi connectivity index (χ0n) is 22.2. The van der Waals surface area contributed by atoms with Gasteiger partial charge in [-0.3, -0.25) is 24.8 Å². The highest BCUT2D eigenvalue weighted by Crippen LogP contribution is 2.35. The number of hydrogen-bond donors (Lipinski definition) is 1. The van der Waals surface area contributed by atoms with E-state index in [0.717, 1.165) is 12.0 Å². The first-order valence-electron chi connectivity index (χ1n) is 12.8. The van der Waals surface area contributed by atoms with Crippen LogP contribution in [0, 0.1) is 18.3 Å². The molecule has 0 unspecified atom stereocenters. The lowest BCUT2D eigenvalue weighted by atomic mass is 9.97. The lowest BCUT2D eigenvalue weighted by Crippen LogP contribution is -2.24. The van der Waals surface area contributed by atoms with Gasteiger partial charge in [0.05, 0.1) is 30.0 Å². The van der Waals surface area contributed by atoms with Crippen molar-refractivity contribution in [2.75, 3.05) is 23.9 Å². The van der Waals surface area contributed by atoms with Crippen LogP contribution in [0.15, 0.2) is 60.9 Å². The van der Waals surface area contributed by atoms with Crippen LogP contribution in [0.2, 0.25) is 0 Å². The predicted molar refractivity (Wildman–Crippen MR) is 156 cm³/mol. The Bertz CT molecular complexity index is 1860. The number of carbonyl (C=O) groups is 2. The summed E-state index contributed by atoms with van der Waals surface area (Å²) in [4.78, 5) is 45.9. The number of rotatable bonds is 6. The summed E-state index contributed by atoms with van der Waals surface area (Å²) in [6.07, 6.45) is 4.61. The molecule has 0 spiro atoms. The van der Waals surface area contributed by atoms with Gasteiger partial charge in [-0.15, -0.1) is 0 Å². The molecule has 5 aromatic rings. The smallest absolute Gasteiger partial charge is 0.259 e. The van der Waals surface area contributed by atoms with Crippen molar-refractivity contribution in [3.63, 3.8) is 0 Å². The molecule has 1 aromatic carbocycles. The number of methoxy groups -OCH3 is 1.